The van der Waals surface area contributed by atoms with Gasteiger partial charge in [-0.1, -0.05) is 26.0 Å². The SMILES string of the molecule is CC(C)NCCC(=O)Nc1ccccc1S(=O)(=O)C(F)F. The lowest BCUT2D eigenvalue weighted by molar-refractivity contribution is -0.116. The van der Waals surface area contributed by atoms with Crippen molar-refractivity contribution in [2.45, 2.75) is 37.0 Å². The summed E-state index contributed by atoms with van der Waals surface area (Å²) < 4.78 is 48.2. The van der Waals surface area contributed by atoms with Gasteiger partial charge in [0.15, 0.2) is 0 Å². The Morgan fingerprint density at radius 3 is 2.43 bits per heavy atom. The summed E-state index contributed by atoms with van der Waals surface area (Å²) in [6.07, 6.45) is 0.112. The second-order valence-electron chi connectivity index (χ2n) is 4.71. The smallest absolute Gasteiger partial charge is 0.325 e. The van der Waals surface area contributed by atoms with Crippen LogP contribution in [0, 0.1) is 0 Å². The molecular weight excluding hydrogens is 302 g/mol. The van der Waals surface area contributed by atoms with Crippen LogP contribution in [0.1, 0.15) is 20.3 Å². The van der Waals surface area contributed by atoms with Crippen LogP contribution in [-0.2, 0) is 14.6 Å². The van der Waals surface area contributed by atoms with Crippen molar-refractivity contribution in [2.24, 2.45) is 0 Å². The summed E-state index contributed by atoms with van der Waals surface area (Å²) in [4.78, 5) is 11.1. The quantitative estimate of drug-likeness (QED) is 0.806. The summed E-state index contributed by atoms with van der Waals surface area (Å²) in [5.74, 6) is -3.97. The lowest BCUT2D eigenvalue weighted by atomic mass is 10.3. The molecule has 0 aromatic heterocycles. The molecule has 0 spiro atoms. The Morgan fingerprint density at radius 2 is 1.86 bits per heavy atom. The number of rotatable bonds is 7. The molecule has 0 aliphatic rings. The van der Waals surface area contributed by atoms with E-state index in [1.54, 1.807) is 0 Å². The number of alkyl halides is 2. The third-order valence-electron chi connectivity index (χ3n) is 2.61. The van der Waals surface area contributed by atoms with Crippen LogP contribution in [0.15, 0.2) is 29.2 Å². The molecule has 0 saturated heterocycles. The van der Waals surface area contributed by atoms with E-state index >= 15 is 0 Å². The minimum absolute atomic E-state index is 0.112. The molecule has 0 fully saturated rings. The maximum absolute atomic E-state index is 12.6. The van der Waals surface area contributed by atoms with Crippen LogP contribution in [0.4, 0.5) is 14.5 Å². The maximum Gasteiger partial charge on any atom is 0.341 e. The summed E-state index contributed by atoms with van der Waals surface area (Å²) in [5.41, 5.74) is -0.132. The topological polar surface area (TPSA) is 75.3 Å². The van der Waals surface area contributed by atoms with Gasteiger partial charge in [0.2, 0.25) is 15.7 Å². The van der Waals surface area contributed by atoms with Crippen molar-refractivity contribution in [3.8, 4) is 0 Å². The number of halogens is 2. The zero-order chi connectivity index (χ0) is 16.0. The Labute approximate surface area is 122 Å². The van der Waals surface area contributed by atoms with E-state index in [1.807, 2.05) is 13.8 Å². The molecular formula is C13H18F2N2O3S. The van der Waals surface area contributed by atoms with Crippen molar-refractivity contribution in [3.05, 3.63) is 24.3 Å². The zero-order valence-corrected chi connectivity index (χ0v) is 12.6. The predicted molar refractivity (Wildman–Crippen MR) is 76.0 cm³/mol. The first kappa shape index (κ1) is 17.5. The third-order valence-corrected chi connectivity index (χ3v) is 4.05. The summed E-state index contributed by atoms with van der Waals surface area (Å²) in [7, 11) is -4.75. The van der Waals surface area contributed by atoms with E-state index in [4.69, 9.17) is 0 Å². The number of anilines is 1. The molecule has 0 aliphatic carbocycles. The molecule has 1 aromatic carbocycles. The van der Waals surface area contributed by atoms with Gasteiger partial charge in [-0.05, 0) is 12.1 Å². The summed E-state index contributed by atoms with van der Waals surface area (Å²) in [6.45, 7) is 4.25. The molecule has 0 atom stereocenters. The number of amides is 1. The molecule has 1 rings (SSSR count). The standard InChI is InChI=1S/C13H18F2N2O3S/c1-9(2)16-8-7-12(18)17-10-5-3-4-6-11(10)21(19,20)13(14)15/h3-6,9,13,16H,7-8H2,1-2H3,(H,17,18). The number of benzene rings is 1. The van der Waals surface area contributed by atoms with E-state index in [2.05, 4.69) is 10.6 Å². The highest BCUT2D eigenvalue weighted by molar-refractivity contribution is 7.91. The van der Waals surface area contributed by atoms with Crippen LogP contribution in [0.2, 0.25) is 0 Å². The second-order valence-corrected chi connectivity index (χ2v) is 6.60. The highest BCUT2D eigenvalue weighted by Gasteiger charge is 2.29. The van der Waals surface area contributed by atoms with Crippen LogP contribution in [0.25, 0.3) is 0 Å². The van der Waals surface area contributed by atoms with Gasteiger partial charge in [0.05, 0.1) is 10.6 Å². The van der Waals surface area contributed by atoms with Crippen LogP contribution >= 0.6 is 0 Å². The maximum atomic E-state index is 12.6. The average Bonchev–Trinajstić information content (AvgIpc) is 2.38. The lowest BCUT2D eigenvalue weighted by Crippen LogP contribution is -2.27. The molecule has 8 heteroatoms. The number of sulfone groups is 1. The van der Waals surface area contributed by atoms with E-state index < -0.39 is 26.4 Å². The molecule has 0 saturated carbocycles. The first-order chi connectivity index (χ1) is 9.75. The van der Waals surface area contributed by atoms with Crippen molar-refractivity contribution >= 4 is 21.4 Å². The highest BCUT2D eigenvalue weighted by Crippen LogP contribution is 2.26. The van der Waals surface area contributed by atoms with Gasteiger partial charge in [-0.15, -0.1) is 0 Å². The van der Waals surface area contributed by atoms with E-state index in [0.717, 1.165) is 6.07 Å². The number of para-hydroxylation sites is 1. The Morgan fingerprint density at radius 1 is 1.24 bits per heavy atom. The molecule has 21 heavy (non-hydrogen) atoms. The number of carbonyl (C=O) groups is 1. The van der Waals surface area contributed by atoms with Crippen molar-refractivity contribution in [1.82, 2.24) is 5.32 Å². The number of hydrogen-bond acceptors (Lipinski definition) is 4. The van der Waals surface area contributed by atoms with Gasteiger partial charge >= 0.3 is 5.76 Å². The lowest BCUT2D eigenvalue weighted by Gasteiger charge is -2.12. The molecule has 1 amide bonds. The molecule has 2 N–H and O–H groups in total. The Balaban J connectivity index is 2.83. The first-order valence-electron chi connectivity index (χ1n) is 6.39. The van der Waals surface area contributed by atoms with E-state index in [0.29, 0.717) is 6.54 Å². The van der Waals surface area contributed by atoms with E-state index in [-0.39, 0.29) is 18.2 Å². The van der Waals surface area contributed by atoms with Crippen molar-refractivity contribution in [3.63, 3.8) is 0 Å². The zero-order valence-electron chi connectivity index (χ0n) is 11.8. The van der Waals surface area contributed by atoms with E-state index in [1.165, 1.54) is 18.2 Å². The number of nitrogens with one attached hydrogen (secondary N) is 2. The van der Waals surface area contributed by atoms with Crippen molar-refractivity contribution in [2.75, 3.05) is 11.9 Å². The predicted octanol–water partition coefficient (Wildman–Crippen LogP) is 2.01. The number of carbonyl (C=O) groups excluding carboxylic acids is 1. The molecule has 0 unspecified atom stereocenters. The van der Waals surface area contributed by atoms with Crippen LogP contribution in [0.3, 0.4) is 0 Å². The van der Waals surface area contributed by atoms with Gasteiger partial charge in [-0.3, -0.25) is 4.79 Å². The normalized spacial score (nSPS) is 11.9. The molecule has 0 heterocycles. The molecule has 0 aliphatic heterocycles. The molecule has 1 aromatic rings. The summed E-state index contributed by atoms with van der Waals surface area (Å²) >= 11 is 0. The highest BCUT2D eigenvalue weighted by atomic mass is 32.2. The van der Waals surface area contributed by atoms with Crippen LogP contribution < -0.4 is 10.6 Å². The van der Waals surface area contributed by atoms with Crippen molar-refractivity contribution < 1.29 is 22.0 Å². The fourth-order valence-electron chi connectivity index (χ4n) is 1.60. The minimum Gasteiger partial charge on any atom is -0.325 e. The van der Waals surface area contributed by atoms with Gasteiger partial charge < -0.3 is 10.6 Å². The van der Waals surface area contributed by atoms with Crippen molar-refractivity contribution in [1.29, 1.82) is 0 Å². The van der Waals surface area contributed by atoms with Gasteiger partial charge in [0.1, 0.15) is 0 Å². The average molecular weight is 320 g/mol. The fourth-order valence-corrected chi connectivity index (χ4v) is 2.49. The third kappa shape index (κ3) is 5.05. The molecule has 0 bridgehead atoms. The number of hydrogen-bond donors (Lipinski definition) is 2. The van der Waals surface area contributed by atoms with Gasteiger partial charge in [0, 0.05) is 19.0 Å². The van der Waals surface area contributed by atoms with E-state index in [9.17, 15) is 22.0 Å². The van der Waals surface area contributed by atoms with Gasteiger partial charge in [-0.2, -0.15) is 8.78 Å². The molecule has 5 nitrogen and oxygen atoms in total. The second kappa shape index (κ2) is 7.46. The van der Waals surface area contributed by atoms with Gasteiger partial charge in [-0.25, -0.2) is 8.42 Å². The fraction of sp³-hybridized carbons (Fsp3) is 0.462. The Hall–Kier alpha value is -1.54. The Bertz CT molecular complexity index is 589. The first-order valence-corrected chi connectivity index (χ1v) is 7.94. The summed E-state index contributed by atoms with van der Waals surface area (Å²) in [6, 6.07) is 5.33. The summed E-state index contributed by atoms with van der Waals surface area (Å²) in [5, 5.41) is 5.38. The monoisotopic (exact) mass is 320 g/mol. The molecule has 0 radical (unpaired) electrons. The molecule has 118 valence electrons. The largest absolute Gasteiger partial charge is 0.341 e. The minimum atomic E-state index is -4.75. The van der Waals surface area contributed by atoms with Crippen LogP contribution in [-0.4, -0.2) is 32.7 Å². The van der Waals surface area contributed by atoms with Gasteiger partial charge in [0.25, 0.3) is 0 Å². The van der Waals surface area contributed by atoms with Crippen LogP contribution in [0.5, 0.6) is 0 Å². The Kier molecular flexibility index (Phi) is 6.22.